The third-order valence-electron chi connectivity index (χ3n) is 2.92. The maximum atomic E-state index is 12.1. The van der Waals surface area contributed by atoms with Crippen LogP contribution in [0.4, 0.5) is 5.69 Å². The standard InChI is InChI=1S/C16H19NO3S/c1-19-14-6-8-16(9-7-14)21(18)11-3-10-20-15-5-2-4-13(17)12-15/h2,4-9,12H,3,10-11,17H2,1H3. The van der Waals surface area contributed by atoms with E-state index in [1.54, 1.807) is 13.2 Å². The van der Waals surface area contributed by atoms with Crippen molar-refractivity contribution in [3.05, 3.63) is 48.5 Å². The van der Waals surface area contributed by atoms with Gasteiger partial charge in [-0.15, -0.1) is 0 Å². The molecule has 0 aliphatic carbocycles. The Morgan fingerprint density at radius 2 is 1.86 bits per heavy atom. The molecule has 0 heterocycles. The molecule has 0 bridgehead atoms. The summed E-state index contributed by atoms with van der Waals surface area (Å²) in [7, 11) is 0.595. The summed E-state index contributed by atoms with van der Waals surface area (Å²) >= 11 is 0. The molecule has 2 N–H and O–H groups in total. The fraction of sp³-hybridized carbons (Fsp3) is 0.250. The van der Waals surface area contributed by atoms with E-state index in [1.807, 2.05) is 42.5 Å². The van der Waals surface area contributed by atoms with Crippen LogP contribution in [0.1, 0.15) is 6.42 Å². The first-order valence-corrected chi connectivity index (χ1v) is 8.01. The molecule has 0 amide bonds. The van der Waals surface area contributed by atoms with Gasteiger partial charge in [0.2, 0.25) is 0 Å². The van der Waals surface area contributed by atoms with Gasteiger partial charge < -0.3 is 15.2 Å². The van der Waals surface area contributed by atoms with Crippen LogP contribution in [-0.4, -0.2) is 23.7 Å². The van der Waals surface area contributed by atoms with Crippen molar-refractivity contribution in [2.24, 2.45) is 0 Å². The van der Waals surface area contributed by atoms with Gasteiger partial charge in [-0.25, -0.2) is 0 Å². The highest BCUT2D eigenvalue weighted by Gasteiger charge is 2.04. The Balaban J connectivity index is 1.76. The minimum Gasteiger partial charge on any atom is -0.497 e. The number of hydrogen-bond acceptors (Lipinski definition) is 4. The number of rotatable bonds is 7. The average Bonchev–Trinajstić information content (AvgIpc) is 2.51. The van der Waals surface area contributed by atoms with Crippen LogP contribution in [0.3, 0.4) is 0 Å². The first-order valence-electron chi connectivity index (χ1n) is 6.70. The Kier molecular flexibility index (Phi) is 5.63. The molecule has 112 valence electrons. The van der Waals surface area contributed by atoms with Crippen LogP contribution in [0.2, 0.25) is 0 Å². The molecule has 2 rings (SSSR count). The molecular formula is C16H19NO3S. The molecule has 0 spiro atoms. The predicted octanol–water partition coefficient (Wildman–Crippen LogP) is 2.85. The van der Waals surface area contributed by atoms with E-state index in [1.165, 1.54) is 0 Å². The van der Waals surface area contributed by atoms with Gasteiger partial charge in [0, 0.05) is 22.4 Å². The van der Waals surface area contributed by atoms with Gasteiger partial charge in [0.1, 0.15) is 11.5 Å². The maximum Gasteiger partial charge on any atom is 0.121 e. The first kappa shape index (κ1) is 15.4. The third-order valence-corrected chi connectivity index (χ3v) is 4.38. The van der Waals surface area contributed by atoms with Crippen molar-refractivity contribution < 1.29 is 13.7 Å². The summed E-state index contributed by atoms with van der Waals surface area (Å²) in [6.45, 7) is 0.519. The quantitative estimate of drug-likeness (QED) is 0.631. The second-order valence-corrected chi connectivity index (χ2v) is 6.07. The lowest BCUT2D eigenvalue weighted by Gasteiger charge is -2.07. The SMILES string of the molecule is COc1ccc(S(=O)CCCOc2cccc(N)c2)cc1. The molecule has 0 saturated heterocycles. The molecule has 21 heavy (non-hydrogen) atoms. The van der Waals surface area contributed by atoms with Crippen LogP contribution in [0.25, 0.3) is 0 Å². The summed E-state index contributed by atoms with van der Waals surface area (Å²) in [5, 5.41) is 0. The van der Waals surface area contributed by atoms with Gasteiger partial charge in [-0.05, 0) is 42.8 Å². The number of benzene rings is 2. The van der Waals surface area contributed by atoms with Gasteiger partial charge in [0.15, 0.2) is 0 Å². The van der Waals surface area contributed by atoms with E-state index in [2.05, 4.69) is 0 Å². The monoisotopic (exact) mass is 305 g/mol. The normalized spacial score (nSPS) is 11.9. The average molecular weight is 305 g/mol. The van der Waals surface area contributed by atoms with Crippen LogP contribution in [0, 0.1) is 0 Å². The molecule has 0 aliphatic heterocycles. The fourth-order valence-corrected chi connectivity index (χ4v) is 2.89. The highest BCUT2D eigenvalue weighted by Crippen LogP contribution is 2.16. The highest BCUT2D eigenvalue weighted by atomic mass is 32.2. The summed E-state index contributed by atoms with van der Waals surface area (Å²) in [5.74, 6) is 2.07. The van der Waals surface area contributed by atoms with E-state index in [0.717, 1.165) is 16.4 Å². The number of methoxy groups -OCH3 is 1. The van der Waals surface area contributed by atoms with Crippen LogP contribution in [0.5, 0.6) is 11.5 Å². The number of nitrogens with two attached hydrogens (primary N) is 1. The fourth-order valence-electron chi connectivity index (χ4n) is 1.83. The van der Waals surface area contributed by atoms with Crippen LogP contribution in [0.15, 0.2) is 53.4 Å². The molecule has 2 aromatic carbocycles. The Morgan fingerprint density at radius 3 is 2.52 bits per heavy atom. The zero-order chi connectivity index (χ0) is 15.1. The number of hydrogen-bond donors (Lipinski definition) is 1. The Bertz CT molecular complexity index is 599. The van der Waals surface area contributed by atoms with Crippen molar-refractivity contribution in [3.8, 4) is 11.5 Å². The summed E-state index contributed by atoms with van der Waals surface area (Å²) in [6.07, 6.45) is 0.716. The highest BCUT2D eigenvalue weighted by molar-refractivity contribution is 7.85. The molecule has 2 aromatic rings. The maximum absolute atomic E-state index is 12.1. The zero-order valence-electron chi connectivity index (χ0n) is 12.0. The molecule has 0 saturated carbocycles. The number of anilines is 1. The van der Waals surface area contributed by atoms with Gasteiger partial charge in [0.25, 0.3) is 0 Å². The Morgan fingerprint density at radius 1 is 1.10 bits per heavy atom. The molecule has 0 fully saturated rings. The van der Waals surface area contributed by atoms with Gasteiger partial charge in [0.05, 0.1) is 24.5 Å². The molecular weight excluding hydrogens is 286 g/mol. The predicted molar refractivity (Wildman–Crippen MR) is 85.2 cm³/mol. The minimum atomic E-state index is -1.02. The summed E-state index contributed by atoms with van der Waals surface area (Å²) in [6, 6.07) is 14.6. The van der Waals surface area contributed by atoms with Gasteiger partial charge >= 0.3 is 0 Å². The van der Waals surface area contributed by atoms with Crippen molar-refractivity contribution in [1.82, 2.24) is 0 Å². The largest absolute Gasteiger partial charge is 0.497 e. The van der Waals surface area contributed by atoms with Crippen molar-refractivity contribution >= 4 is 16.5 Å². The molecule has 1 unspecified atom stereocenters. The summed E-state index contributed by atoms with van der Waals surface area (Å²) < 4.78 is 22.8. The molecule has 0 aromatic heterocycles. The zero-order valence-corrected chi connectivity index (χ0v) is 12.8. The third kappa shape index (κ3) is 4.79. The van der Waals surface area contributed by atoms with Crippen molar-refractivity contribution in [1.29, 1.82) is 0 Å². The molecule has 5 heteroatoms. The van der Waals surface area contributed by atoms with Gasteiger partial charge in [-0.1, -0.05) is 6.07 Å². The Labute approximate surface area is 127 Å². The minimum absolute atomic E-state index is 0.519. The van der Waals surface area contributed by atoms with E-state index < -0.39 is 10.8 Å². The topological polar surface area (TPSA) is 61.5 Å². The Hall–Kier alpha value is -2.01. The van der Waals surface area contributed by atoms with Gasteiger partial charge in [-0.3, -0.25) is 4.21 Å². The summed E-state index contributed by atoms with van der Waals surface area (Å²) in [5.41, 5.74) is 6.35. The number of nitrogen functional groups attached to an aromatic ring is 1. The molecule has 4 nitrogen and oxygen atoms in total. The molecule has 1 atom stereocenters. The van der Waals surface area contributed by atoms with E-state index in [4.69, 9.17) is 15.2 Å². The van der Waals surface area contributed by atoms with Crippen LogP contribution >= 0.6 is 0 Å². The molecule has 0 radical (unpaired) electrons. The molecule has 0 aliphatic rings. The van der Waals surface area contributed by atoms with E-state index >= 15 is 0 Å². The lowest BCUT2D eigenvalue weighted by atomic mass is 10.3. The van der Waals surface area contributed by atoms with E-state index in [0.29, 0.717) is 24.5 Å². The lowest BCUT2D eigenvalue weighted by molar-refractivity contribution is 0.318. The van der Waals surface area contributed by atoms with Crippen LogP contribution < -0.4 is 15.2 Å². The second-order valence-electron chi connectivity index (χ2n) is 4.50. The van der Waals surface area contributed by atoms with E-state index in [9.17, 15) is 4.21 Å². The van der Waals surface area contributed by atoms with Crippen molar-refractivity contribution in [2.45, 2.75) is 11.3 Å². The van der Waals surface area contributed by atoms with E-state index in [-0.39, 0.29) is 0 Å². The van der Waals surface area contributed by atoms with Crippen molar-refractivity contribution in [3.63, 3.8) is 0 Å². The number of ether oxygens (including phenoxy) is 2. The van der Waals surface area contributed by atoms with Crippen LogP contribution in [-0.2, 0) is 10.8 Å². The van der Waals surface area contributed by atoms with Crippen molar-refractivity contribution in [2.75, 3.05) is 25.2 Å². The summed E-state index contributed by atoms with van der Waals surface area (Å²) in [4.78, 5) is 0.805. The first-order chi connectivity index (χ1) is 10.2. The lowest BCUT2D eigenvalue weighted by Crippen LogP contribution is -2.05. The second kappa shape index (κ2) is 7.69. The van der Waals surface area contributed by atoms with Gasteiger partial charge in [-0.2, -0.15) is 0 Å². The smallest absolute Gasteiger partial charge is 0.121 e.